The van der Waals surface area contributed by atoms with Gasteiger partial charge in [-0.3, -0.25) is 0 Å². The topological polar surface area (TPSA) is 52.3 Å². The van der Waals surface area contributed by atoms with Crippen molar-refractivity contribution in [3.05, 3.63) is 50.7 Å². The standard InChI is InChI=1S/C13H12ClNO2S/c1-8-3-2-4-10(12(8)15)13(16)17-7-9-5-6-11(14)18-9/h2-6H,7,15H2,1H3. The molecule has 0 saturated carbocycles. The number of anilines is 1. The molecule has 0 fully saturated rings. The largest absolute Gasteiger partial charge is 0.456 e. The molecule has 0 radical (unpaired) electrons. The highest BCUT2D eigenvalue weighted by Gasteiger charge is 2.12. The molecule has 0 atom stereocenters. The Hall–Kier alpha value is -1.52. The molecule has 2 N–H and O–H groups in total. The van der Waals surface area contributed by atoms with Gasteiger partial charge in [-0.05, 0) is 30.7 Å². The van der Waals surface area contributed by atoms with Gasteiger partial charge in [0.05, 0.1) is 9.90 Å². The molecule has 1 aromatic carbocycles. The Morgan fingerprint density at radius 2 is 2.17 bits per heavy atom. The van der Waals surface area contributed by atoms with Crippen LogP contribution in [0.5, 0.6) is 0 Å². The molecule has 0 aliphatic heterocycles. The fourth-order valence-electron chi connectivity index (χ4n) is 1.50. The highest BCUT2D eigenvalue weighted by molar-refractivity contribution is 7.16. The third-order valence-electron chi connectivity index (χ3n) is 2.52. The summed E-state index contributed by atoms with van der Waals surface area (Å²) >= 11 is 7.19. The Bertz CT molecular complexity index is 580. The zero-order chi connectivity index (χ0) is 13.1. The van der Waals surface area contributed by atoms with E-state index in [0.29, 0.717) is 15.6 Å². The van der Waals surface area contributed by atoms with Crippen molar-refractivity contribution < 1.29 is 9.53 Å². The van der Waals surface area contributed by atoms with Crippen molar-refractivity contribution in [1.82, 2.24) is 0 Å². The minimum atomic E-state index is -0.416. The van der Waals surface area contributed by atoms with Gasteiger partial charge in [0.2, 0.25) is 0 Å². The molecule has 94 valence electrons. The summed E-state index contributed by atoms with van der Waals surface area (Å²) in [6.45, 7) is 2.06. The molecule has 0 bridgehead atoms. The van der Waals surface area contributed by atoms with Crippen molar-refractivity contribution in [3.63, 3.8) is 0 Å². The van der Waals surface area contributed by atoms with E-state index in [1.54, 1.807) is 18.2 Å². The highest BCUT2D eigenvalue weighted by Crippen LogP contribution is 2.23. The number of carbonyl (C=O) groups is 1. The van der Waals surface area contributed by atoms with Crippen LogP contribution in [0, 0.1) is 6.92 Å². The number of nitrogen functional groups attached to an aromatic ring is 1. The quantitative estimate of drug-likeness (QED) is 0.690. The fourth-order valence-corrected chi connectivity index (χ4v) is 2.50. The number of rotatable bonds is 3. The molecule has 0 aliphatic carbocycles. The fraction of sp³-hybridized carbons (Fsp3) is 0.154. The molecule has 0 spiro atoms. The van der Waals surface area contributed by atoms with Crippen LogP contribution in [0.4, 0.5) is 5.69 Å². The third-order valence-corrected chi connectivity index (χ3v) is 3.72. The lowest BCUT2D eigenvalue weighted by molar-refractivity contribution is 0.0478. The number of aryl methyl sites for hydroxylation is 1. The number of hydrogen-bond donors (Lipinski definition) is 1. The first kappa shape index (κ1) is 12.9. The maximum Gasteiger partial charge on any atom is 0.340 e. The first-order valence-electron chi connectivity index (χ1n) is 5.34. The van der Waals surface area contributed by atoms with E-state index in [-0.39, 0.29) is 6.61 Å². The number of carbonyl (C=O) groups excluding carboxylic acids is 1. The first-order chi connectivity index (χ1) is 8.58. The van der Waals surface area contributed by atoms with Gasteiger partial charge >= 0.3 is 5.97 Å². The van der Waals surface area contributed by atoms with Gasteiger partial charge < -0.3 is 10.5 Å². The van der Waals surface area contributed by atoms with E-state index < -0.39 is 5.97 Å². The lowest BCUT2D eigenvalue weighted by Gasteiger charge is -2.07. The van der Waals surface area contributed by atoms with Crippen molar-refractivity contribution in [2.24, 2.45) is 0 Å². The molecule has 0 unspecified atom stereocenters. The van der Waals surface area contributed by atoms with Gasteiger partial charge in [-0.2, -0.15) is 0 Å². The van der Waals surface area contributed by atoms with E-state index in [4.69, 9.17) is 22.1 Å². The van der Waals surface area contributed by atoms with Crippen molar-refractivity contribution in [1.29, 1.82) is 0 Å². The molecule has 0 saturated heterocycles. The molecule has 0 aliphatic rings. The van der Waals surface area contributed by atoms with Crippen LogP contribution in [-0.2, 0) is 11.3 Å². The lowest BCUT2D eigenvalue weighted by atomic mass is 10.1. The molecule has 5 heteroatoms. The van der Waals surface area contributed by atoms with Crippen LogP contribution in [0.15, 0.2) is 30.3 Å². The molecule has 18 heavy (non-hydrogen) atoms. The molecular weight excluding hydrogens is 270 g/mol. The number of thiophene rings is 1. The second-order valence-electron chi connectivity index (χ2n) is 3.82. The van der Waals surface area contributed by atoms with E-state index in [1.807, 2.05) is 19.1 Å². The number of benzene rings is 1. The summed E-state index contributed by atoms with van der Waals surface area (Å²) in [6, 6.07) is 8.90. The van der Waals surface area contributed by atoms with Crippen molar-refractivity contribution in [2.45, 2.75) is 13.5 Å². The summed E-state index contributed by atoms with van der Waals surface area (Å²) in [4.78, 5) is 12.8. The van der Waals surface area contributed by atoms with Crippen LogP contribution in [-0.4, -0.2) is 5.97 Å². The maximum atomic E-state index is 11.9. The SMILES string of the molecule is Cc1cccc(C(=O)OCc2ccc(Cl)s2)c1N. The summed E-state index contributed by atoms with van der Waals surface area (Å²) in [6.07, 6.45) is 0. The predicted octanol–water partition coefficient (Wildman–Crippen LogP) is 3.65. The van der Waals surface area contributed by atoms with Gasteiger partial charge in [0, 0.05) is 10.6 Å². The second kappa shape index (κ2) is 5.42. The average Bonchev–Trinajstić information content (AvgIpc) is 2.76. The highest BCUT2D eigenvalue weighted by atomic mass is 35.5. The zero-order valence-corrected chi connectivity index (χ0v) is 11.3. The molecule has 2 aromatic rings. The minimum absolute atomic E-state index is 0.212. The predicted molar refractivity (Wildman–Crippen MR) is 74.0 cm³/mol. The van der Waals surface area contributed by atoms with Crippen LogP contribution in [0.25, 0.3) is 0 Å². The van der Waals surface area contributed by atoms with Crippen LogP contribution < -0.4 is 5.73 Å². The third kappa shape index (κ3) is 2.83. The van der Waals surface area contributed by atoms with Gasteiger partial charge in [-0.15, -0.1) is 11.3 Å². The Morgan fingerprint density at radius 1 is 1.39 bits per heavy atom. The number of esters is 1. The molecule has 2 rings (SSSR count). The Labute approximate surface area is 114 Å². The molecule has 3 nitrogen and oxygen atoms in total. The van der Waals surface area contributed by atoms with Gasteiger partial charge in [-0.1, -0.05) is 23.7 Å². The molecular formula is C13H12ClNO2S. The van der Waals surface area contributed by atoms with Crippen LogP contribution in [0.1, 0.15) is 20.8 Å². The first-order valence-corrected chi connectivity index (χ1v) is 6.54. The molecule has 0 amide bonds. The van der Waals surface area contributed by atoms with Crippen molar-refractivity contribution in [2.75, 3.05) is 5.73 Å². The maximum absolute atomic E-state index is 11.9. The van der Waals surface area contributed by atoms with Gasteiger partial charge in [-0.25, -0.2) is 4.79 Å². The number of hydrogen-bond acceptors (Lipinski definition) is 4. The number of ether oxygens (including phenoxy) is 1. The normalized spacial score (nSPS) is 10.3. The average molecular weight is 282 g/mol. The van der Waals surface area contributed by atoms with E-state index >= 15 is 0 Å². The van der Waals surface area contributed by atoms with Crippen LogP contribution in [0.3, 0.4) is 0 Å². The van der Waals surface area contributed by atoms with E-state index in [9.17, 15) is 4.79 Å². The Morgan fingerprint density at radius 3 is 2.83 bits per heavy atom. The van der Waals surface area contributed by atoms with E-state index in [2.05, 4.69) is 0 Å². The van der Waals surface area contributed by atoms with Crippen LogP contribution in [0.2, 0.25) is 4.34 Å². The lowest BCUT2D eigenvalue weighted by Crippen LogP contribution is -2.08. The van der Waals surface area contributed by atoms with Gasteiger partial charge in [0.1, 0.15) is 6.61 Å². The summed E-state index contributed by atoms with van der Waals surface area (Å²) in [5, 5.41) is 0. The number of nitrogens with two attached hydrogens (primary N) is 1. The van der Waals surface area contributed by atoms with Crippen molar-refractivity contribution in [3.8, 4) is 0 Å². The van der Waals surface area contributed by atoms with Crippen LogP contribution >= 0.6 is 22.9 Å². The second-order valence-corrected chi connectivity index (χ2v) is 5.62. The summed E-state index contributed by atoms with van der Waals surface area (Å²) in [5.74, 6) is -0.416. The summed E-state index contributed by atoms with van der Waals surface area (Å²) < 4.78 is 5.87. The van der Waals surface area contributed by atoms with E-state index in [0.717, 1.165) is 10.4 Å². The molecule has 1 heterocycles. The van der Waals surface area contributed by atoms with E-state index in [1.165, 1.54) is 11.3 Å². The Kier molecular flexibility index (Phi) is 3.89. The van der Waals surface area contributed by atoms with Gasteiger partial charge in [0.25, 0.3) is 0 Å². The zero-order valence-electron chi connectivity index (χ0n) is 9.77. The van der Waals surface area contributed by atoms with Gasteiger partial charge in [0.15, 0.2) is 0 Å². The number of para-hydroxylation sites is 1. The van der Waals surface area contributed by atoms with Crippen molar-refractivity contribution >= 4 is 34.6 Å². The Balaban J connectivity index is 2.06. The molecule has 1 aromatic heterocycles. The summed E-state index contributed by atoms with van der Waals surface area (Å²) in [5.41, 5.74) is 7.57. The monoisotopic (exact) mass is 281 g/mol. The smallest absolute Gasteiger partial charge is 0.340 e. The number of halogens is 1. The minimum Gasteiger partial charge on any atom is -0.456 e. The summed E-state index contributed by atoms with van der Waals surface area (Å²) in [7, 11) is 0.